The van der Waals surface area contributed by atoms with E-state index in [2.05, 4.69) is 9.72 Å². The highest BCUT2D eigenvalue weighted by molar-refractivity contribution is 14.1. The normalized spacial score (nSPS) is 10.9. The number of aromatic amines is 1. The van der Waals surface area contributed by atoms with Gasteiger partial charge >= 0.3 is 6.36 Å². The summed E-state index contributed by atoms with van der Waals surface area (Å²) in [6.07, 6.45) is -4.10. The lowest BCUT2D eigenvalue weighted by atomic mass is 10.2. The Morgan fingerprint density at radius 1 is 1.56 bits per heavy atom. The fraction of sp³-hybridized carbons (Fsp3) is 0.250. The maximum Gasteiger partial charge on any atom is 0.573 e. The molecular weight excluding hydrogens is 340 g/mol. The third kappa shape index (κ3) is 3.13. The molecule has 0 aliphatic rings. The number of rotatable bonds is 2. The number of pyridine rings is 1. The van der Waals surface area contributed by atoms with Crippen LogP contribution in [0.1, 0.15) is 5.69 Å². The summed E-state index contributed by atoms with van der Waals surface area (Å²) < 4.78 is 39.7. The van der Waals surface area contributed by atoms with Crippen LogP contribution in [0.25, 0.3) is 0 Å². The number of nitriles is 1. The van der Waals surface area contributed by atoms with E-state index >= 15 is 0 Å². The standard InChI is InChI=1S/C8H4F3IN2O2/c9-8(10,11)16-7-5(1-2-13)14-3-4(12)6(7)15/h3H,1H2,(H,14,15). The predicted octanol–water partition coefficient (Wildman–Crippen LogP) is 1.94. The van der Waals surface area contributed by atoms with Gasteiger partial charge < -0.3 is 9.72 Å². The Balaban J connectivity index is 3.28. The summed E-state index contributed by atoms with van der Waals surface area (Å²) in [6.45, 7) is 0. The highest BCUT2D eigenvalue weighted by Gasteiger charge is 2.33. The van der Waals surface area contributed by atoms with Crippen molar-refractivity contribution >= 4 is 22.6 Å². The number of ether oxygens (including phenoxy) is 1. The summed E-state index contributed by atoms with van der Waals surface area (Å²) in [5, 5.41) is 8.39. The fourth-order valence-electron chi connectivity index (χ4n) is 0.961. The number of alkyl halides is 3. The van der Waals surface area contributed by atoms with Crippen molar-refractivity contribution in [1.29, 1.82) is 5.26 Å². The molecule has 0 unspecified atom stereocenters. The van der Waals surface area contributed by atoms with Gasteiger partial charge in [0.15, 0.2) is 5.75 Å². The van der Waals surface area contributed by atoms with Gasteiger partial charge in [-0.3, -0.25) is 4.79 Å². The Bertz CT molecular complexity index is 490. The topological polar surface area (TPSA) is 65.9 Å². The zero-order valence-corrected chi connectivity index (χ0v) is 9.72. The predicted molar refractivity (Wildman–Crippen MR) is 55.8 cm³/mol. The van der Waals surface area contributed by atoms with Crippen molar-refractivity contribution in [1.82, 2.24) is 4.98 Å². The first-order chi connectivity index (χ1) is 7.35. The molecule has 4 nitrogen and oxygen atoms in total. The van der Waals surface area contributed by atoms with Gasteiger partial charge in [0.05, 0.1) is 21.8 Å². The van der Waals surface area contributed by atoms with Crippen LogP contribution in [0.4, 0.5) is 13.2 Å². The van der Waals surface area contributed by atoms with E-state index in [0.717, 1.165) is 0 Å². The van der Waals surface area contributed by atoms with Crippen molar-refractivity contribution < 1.29 is 17.9 Å². The maximum atomic E-state index is 12.0. The molecule has 0 amide bonds. The van der Waals surface area contributed by atoms with Gasteiger partial charge in [0.25, 0.3) is 0 Å². The number of nitrogens with one attached hydrogen (secondary N) is 1. The number of halogens is 4. The van der Waals surface area contributed by atoms with Crippen molar-refractivity contribution in [3.8, 4) is 11.8 Å². The van der Waals surface area contributed by atoms with E-state index in [4.69, 9.17) is 5.26 Å². The van der Waals surface area contributed by atoms with Gasteiger partial charge in [0, 0.05) is 6.20 Å². The van der Waals surface area contributed by atoms with Crippen molar-refractivity contribution in [2.24, 2.45) is 0 Å². The third-order valence-electron chi connectivity index (χ3n) is 1.54. The number of aromatic nitrogens is 1. The highest BCUT2D eigenvalue weighted by atomic mass is 127. The van der Waals surface area contributed by atoms with Crippen molar-refractivity contribution in [2.75, 3.05) is 0 Å². The molecule has 1 heterocycles. The summed E-state index contributed by atoms with van der Waals surface area (Å²) in [6, 6.07) is 1.64. The first kappa shape index (κ1) is 12.8. The van der Waals surface area contributed by atoms with Crippen LogP contribution in [0.2, 0.25) is 0 Å². The van der Waals surface area contributed by atoms with Gasteiger partial charge in [0.2, 0.25) is 5.43 Å². The summed E-state index contributed by atoms with van der Waals surface area (Å²) >= 11 is 1.57. The Hall–Kier alpha value is -1.24. The fourth-order valence-corrected chi connectivity index (χ4v) is 1.36. The van der Waals surface area contributed by atoms with E-state index in [0.29, 0.717) is 0 Å². The van der Waals surface area contributed by atoms with Gasteiger partial charge in [-0.1, -0.05) is 0 Å². The third-order valence-corrected chi connectivity index (χ3v) is 2.35. The molecule has 0 aliphatic heterocycles. The number of H-pyrrole nitrogens is 1. The van der Waals surface area contributed by atoms with E-state index in [-0.39, 0.29) is 15.7 Å². The monoisotopic (exact) mass is 344 g/mol. The molecule has 8 heteroatoms. The lowest BCUT2D eigenvalue weighted by Crippen LogP contribution is -2.24. The van der Waals surface area contributed by atoms with Crippen LogP contribution in [0.15, 0.2) is 11.0 Å². The molecule has 0 aromatic carbocycles. The Labute approximate surface area is 101 Å². The molecule has 0 atom stereocenters. The molecule has 0 saturated carbocycles. The molecule has 1 aromatic heterocycles. The summed E-state index contributed by atoms with van der Waals surface area (Å²) in [4.78, 5) is 13.8. The van der Waals surface area contributed by atoms with E-state index < -0.39 is 17.5 Å². The average Bonchev–Trinajstić information content (AvgIpc) is 2.16. The first-order valence-corrected chi connectivity index (χ1v) is 4.96. The Morgan fingerprint density at radius 2 is 2.19 bits per heavy atom. The molecular formula is C8H4F3IN2O2. The van der Waals surface area contributed by atoms with Gasteiger partial charge in [-0.15, -0.1) is 13.2 Å². The van der Waals surface area contributed by atoms with Crippen molar-refractivity contribution in [3.05, 3.63) is 25.7 Å². The van der Waals surface area contributed by atoms with E-state index in [1.165, 1.54) is 6.20 Å². The molecule has 1 rings (SSSR count). The van der Waals surface area contributed by atoms with Gasteiger partial charge in [-0.25, -0.2) is 0 Å². The molecule has 0 aliphatic carbocycles. The van der Waals surface area contributed by atoms with Crippen LogP contribution in [0, 0.1) is 14.9 Å². The van der Waals surface area contributed by atoms with E-state index in [1.807, 2.05) is 0 Å². The maximum absolute atomic E-state index is 12.0. The number of hydrogen-bond donors (Lipinski definition) is 1. The minimum atomic E-state index is -4.96. The minimum Gasteiger partial charge on any atom is -0.400 e. The zero-order valence-electron chi connectivity index (χ0n) is 7.56. The molecule has 16 heavy (non-hydrogen) atoms. The quantitative estimate of drug-likeness (QED) is 0.834. The van der Waals surface area contributed by atoms with Crippen LogP contribution in [0.3, 0.4) is 0 Å². The van der Waals surface area contributed by atoms with Crippen LogP contribution >= 0.6 is 22.6 Å². The van der Waals surface area contributed by atoms with Gasteiger partial charge in [-0.2, -0.15) is 5.26 Å². The largest absolute Gasteiger partial charge is 0.573 e. The van der Waals surface area contributed by atoms with Crippen LogP contribution in [0.5, 0.6) is 5.75 Å². The molecule has 1 N–H and O–H groups in total. The molecule has 0 saturated heterocycles. The van der Waals surface area contributed by atoms with Crippen molar-refractivity contribution in [3.63, 3.8) is 0 Å². The zero-order chi connectivity index (χ0) is 12.3. The molecule has 0 bridgehead atoms. The van der Waals surface area contributed by atoms with Gasteiger partial charge in [0.1, 0.15) is 0 Å². The molecule has 0 fully saturated rings. The molecule has 0 spiro atoms. The highest BCUT2D eigenvalue weighted by Crippen LogP contribution is 2.23. The molecule has 1 aromatic rings. The van der Waals surface area contributed by atoms with Crippen LogP contribution < -0.4 is 10.2 Å². The Morgan fingerprint density at radius 3 is 2.69 bits per heavy atom. The summed E-state index contributed by atoms with van der Waals surface area (Å²) in [7, 11) is 0. The second-order valence-electron chi connectivity index (χ2n) is 2.66. The minimum absolute atomic E-state index is 0.0542. The lowest BCUT2D eigenvalue weighted by molar-refractivity contribution is -0.275. The lowest BCUT2D eigenvalue weighted by Gasteiger charge is -2.11. The molecule has 86 valence electrons. The smallest absolute Gasteiger partial charge is 0.400 e. The average molecular weight is 344 g/mol. The second kappa shape index (κ2) is 4.73. The van der Waals surface area contributed by atoms with Gasteiger partial charge in [-0.05, 0) is 22.6 Å². The number of nitrogens with zero attached hydrogens (tertiary/aromatic N) is 1. The second-order valence-corrected chi connectivity index (χ2v) is 3.82. The van der Waals surface area contributed by atoms with Crippen LogP contribution in [-0.4, -0.2) is 11.3 Å². The van der Waals surface area contributed by atoms with Crippen molar-refractivity contribution in [2.45, 2.75) is 12.8 Å². The van der Waals surface area contributed by atoms with Crippen LogP contribution in [-0.2, 0) is 6.42 Å². The van der Waals surface area contributed by atoms with E-state index in [9.17, 15) is 18.0 Å². The summed E-state index contributed by atoms with van der Waals surface area (Å²) in [5.41, 5.74) is -1.08. The molecule has 0 radical (unpaired) electrons. The first-order valence-electron chi connectivity index (χ1n) is 3.88. The van der Waals surface area contributed by atoms with E-state index in [1.54, 1.807) is 28.7 Å². The number of hydrogen-bond acceptors (Lipinski definition) is 3. The summed E-state index contributed by atoms with van der Waals surface area (Å²) in [5.74, 6) is -0.874. The Kier molecular flexibility index (Phi) is 3.79. The SMILES string of the molecule is N#CCc1[nH]cc(I)c(=O)c1OC(F)(F)F.